The van der Waals surface area contributed by atoms with Gasteiger partial charge in [-0.3, -0.25) is 15.0 Å². The molecular weight excluding hydrogens is 336 g/mol. The molecule has 1 aromatic carbocycles. The fraction of sp³-hybridized carbons (Fsp3) is 0.400. The molecule has 0 bridgehead atoms. The maximum atomic E-state index is 12.2. The SMILES string of the molecule is C=CCN1CC1CCOC(=O)c1cc(SSC)ccc1[N+](=O)[O-]. The number of hydrogen-bond donors (Lipinski definition) is 0. The molecule has 1 fully saturated rings. The average molecular weight is 354 g/mol. The van der Waals surface area contributed by atoms with Crippen LogP contribution in [0.3, 0.4) is 0 Å². The van der Waals surface area contributed by atoms with Gasteiger partial charge >= 0.3 is 5.97 Å². The number of rotatable bonds is 9. The Balaban J connectivity index is 1.95. The molecule has 1 heterocycles. The van der Waals surface area contributed by atoms with Gasteiger partial charge in [-0.1, -0.05) is 27.7 Å². The van der Waals surface area contributed by atoms with E-state index in [0.717, 1.165) is 24.4 Å². The number of nitrogens with zero attached hydrogens (tertiary/aromatic N) is 2. The van der Waals surface area contributed by atoms with Crippen LogP contribution < -0.4 is 0 Å². The minimum Gasteiger partial charge on any atom is -0.462 e. The van der Waals surface area contributed by atoms with Crippen molar-refractivity contribution in [2.45, 2.75) is 17.4 Å². The van der Waals surface area contributed by atoms with Gasteiger partial charge in [-0.15, -0.1) is 6.58 Å². The largest absolute Gasteiger partial charge is 0.462 e. The van der Waals surface area contributed by atoms with Crippen LogP contribution in [-0.2, 0) is 4.74 Å². The first-order chi connectivity index (χ1) is 11.1. The highest BCUT2D eigenvalue weighted by Gasteiger charge is 2.32. The second-order valence-electron chi connectivity index (χ2n) is 5.01. The van der Waals surface area contributed by atoms with Crippen molar-refractivity contribution in [1.82, 2.24) is 4.90 Å². The zero-order chi connectivity index (χ0) is 16.8. The van der Waals surface area contributed by atoms with Crippen molar-refractivity contribution in [3.63, 3.8) is 0 Å². The molecule has 1 aliphatic heterocycles. The topological polar surface area (TPSA) is 72.5 Å². The zero-order valence-corrected chi connectivity index (χ0v) is 14.4. The molecule has 0 N–H and O–H groups in total. The van der Waals surface area contributed by atoms with Gasteiger partial charge in [0.25, 0.3) is 5.69 Å². The molecular formula is C15H18N2O4S2. The third-order valence-electron chi connectivity index (χ3n) is 3.44. The van der Waals surface area contributed by atoms with E-state index in [9.17, 15) is 14.9 Å². The highest BCUT2D eigenvalue weighted by Crippen LogP contribution is 2.32. The van der Waals surface area contributed by atoms with Crippen molar-refractivity contribution >= 4 is 33.2 Å². The summed E-state index contributed by atoms with van der Waals surface area (Å²) in [6, 6.07) is 4.91. The Kier molecular flexibility index (Phi) is 6.49. The van der Waals surface area contributed by atoms with Gasteiger partial charge in [-0.05, 0) is 24.8 Å². The van der Waals surface area contributed by atoms with Crippen LogP contribution in [0.2, 0.25) is 0 Å². The normalized spacial score (nSPS) is 19.2. The summed E-state index contributed by atoms with van der Waals surface area (Å²) in [4.78, 5) is 25.7. The van der Waals surface area contributed by atoms with Gasteiger partial charge in [0, 0.05) is 30.1 Å². The molecule has 2 unspecified atom stereocenters. The van der Waals surface area contributed by atoms with E-state index >= 15 is 0 Å². The summed E-state index contributed by atoms with van der Waals surface area (Å²) < 4.78 is 5.22. The van der Waals surface area contributed by atoms with E-state index in [4.69, 9.17) is 4.74 Å². The van der Waals surface area contributed by atoms with Crippen LogP contribution >= 0.6 is 21.6 Å². The van der Waals surface area contributed by atoms with Crippen molar-refractivity contribution in [1.29, 1.82) is 0 Å². The minimum absolute atomic E-state index is 0.00722. The maximum Gasteiger partial charge on any atom is 0.345 e. The lowest BCUT2D eigenvalue weighted by Crippen LogP contribution is -2.12. The molecule has 23 heavy (non-hydrogen) atoms. The van der Waals surface area contributed by atoms with Crippen LogP contribution in [0.5, 0.6) is 0 Å². The Bertz CT molecular complexity index is 609. The minimum atomic E-state index is -0.642. The fourth-order valence-corrected chi connectivity index (χ4v) is 3.61. The first-order valence-electron chi connectivity index (χ1n) is 7.08. The maximum absolute atomic E-state index is 12.2. The number of nitro groups is 1. The fourth-order valence-electron chi connectivity index (χ4n) is 2.24. The van der Waals surface area contributed by atoms with Crippen LogP contribution in [-0.4, -0.2) is 47.8 Å². The molecule has 8 heteroatoms. The smallest absolute Gasteiger partial charge is 0.345 e. The van der Waals surface area contributed by atoms with Gasteiger partial charge in [0.1, 0.15) is 5.56 Å². The quantitative estimate of drug-likeness (QED) is 0.168. The van der Waals surface area contributed by atoms with Gasteiger partial charge in [-0.25, -0.2) is 4.79 Å². The van der Waals surface area contributed by atoms with E-state index in [1.54, 1.807) is 6.07 Å². The van der Waals surface area contributed by atoms with Crippen molar-refractivity contribution in [2.24, 2.45) is 0 Å². The lowest BCUT2D eigenvalue weighted by molar-refractivity contribution is -0.385. The first kappa shape index (κ1) is 17.8. The third kappa shape index (κ3) is 4.98. The highest BCUT2D eigenvalue weighted by molar-refractivity contribution is 8.76. The lowest BCUT2D eigenvalue weighted by Gasteiger charge is -2.07. The van der Waals surface area contributed by atoms with Gasteiger partial charge in [-0.2, -0.15) is 0 Å². The summed E-state index contributed by atoms with van der Waals surface area (Å²) in [5.41, 5.74) is -0.215. The predicted octanol–water partition coefficient (Wildman–Crippen LogP) is 3.38. The summed E-state index contributed by atoms with van der Waals surface area (Å²) >= 11 is 0. The Morgan fingerprint density at radius 2 is 2.39 bits per heavy atom. The molecule has 2 atom stereocenters. The molecule has 0 aliphatic carbocycles. The second-order valence-corrected chi connectivity index (χ2v) is 7.48. The molecule has 0 saturated carbocycles. The molecule has 0 radical (unpaired) electrons. The lowest BCUT2D eigenvalue weighted by atomic mass is 10.2. The van der Waals surface area contributed by atoms with Crippen LogP contribution in [0.25, 0.3) is 0 Å². The third-order valence-corrected chi connectivity index (χ3v) is 5.13. The Hall–Kier alpha value is -1.51. The van der Waals surface area contributed by atoms with Crippen molar-refractivity contribution in [2.75, 3.05) is 26.0 Å². The molecule has 124 valence electrons. The Morgan fingerprint density at radius 3 is 3.04 bits per heavy atom. The molecule has 0 amide bonds. The van der Waals surface area contributed by atoms with Crippen molar-refractivity contribution in [3.05, 3.63) is 46.5 Å². The number of benzene rings is 1. The van der Waals surface area contributed by atoms with Crippen LogP contribution in [0.1, 0.15) is 16.8 Å². The van der Waals surface area contributed by atoms with Crippen LogP contribution in [0.15, 0.2) is 35.7 Å². The van der Waals surface area contributed by atoms with Gasteiger partial charge in [0.05, 0.1) is 11.5 Å². The van der Waals surface area contributed by atoms with Crippen LogP contribution in [0.4, 0.5) is 5.69 Å². The Morgan fingerprint density at radius 1 is 1.61 bits per heavy atom. The summed E-state index contributed by atoms with van der Waals surface area (Å²) in [7, 11) is 2.95. The van der Waals surface area contributed by atoms with E-state index in [1.807, 2.05) is 12.3 Å². The number of carbonyl (C=O) groups excluding carboxylic acids is 1. The molecule has 0 spiro atoms. The van der Waals surface area contributed by atoms with E-state index in [2.05, 4.69) is 11.5 Å². The molecule has 1 aliphatic rings. The van der Waals surface area contributed by atoms with E-state index in [-0.39, 0.29) is 17.9 Å². The van der Waals surface area contributed by atoms with Gasteiger partial charge in [0.2, 0.25) is 0 Å². The second kappa shape index (κ2) is 8.37. The number of esters is 1. The van der Waals surface area contributed by atoms with Crippen molar-refractivity contribution < 1.29 is 14.5 Å². The molecule has 1 aromatic rings. The molecule has 0 aromatic heterocycles. The summed E-state index contributed by atoms with van der Waals surface area (Å²) in [5.74, 6) is -0.642. The van der Waals surface area contributed by atoms with E-state index < -0.39 is 10.9 Å². The summed E-state index contributed by atoms with van der Waals surface area (Å²) in [6.07, 6.45) is 4.46. The monoisotopic (exact) mass is 354 g/mol. The van der Waals surface area contributed by atoms with Crippen molar-refractivity contribution in [3.8, 4) is 0 Å². The molecule has 2 rings (SSSR count). The zero-order valence-electron chi connectivity index (χ0n) is 12.8. The number of hydrogen-bond acceptors (Lipinski definition) is 7. The highest BCUT2D eigenvalue weighted by atomic mass is 33.1. The van der Waals surface area contributed by atoms with E-state index in [0.29, 0.717) is 6.04 Å². The summed E-state index contributed by atoms with van der Waals surface area (Å²) in [6.45, 7) is 5.74. The average Bonchev–Trinajstić information content (AvgIpc) is 3.25. The standard InChI is InChI=1S/C15H18N2O4S2/c1-3-7-16-10-11(16)6-8-21-15(18)13-9-12(23-22-2)4-5-14(13)17(19)20/h3-5,9,11H,1,6-8,10H2,2H3. The number of nitro benzene ring substituents is 1. The molecule has 1 saturated heterocycles. The molecule has 6 nitrogen and oxygen atoms in total. The Labute approximate surface area is 142 Å². The predicted molar refractivity (Wildman–Crippen MR) is 92.9 cm³/mol. The number of ether oxygens (including phenoxy) is 1. The van der Waals surface area contributed by atoms with E-state index in [1.165, 1.54) is 33.7 Å². The van der Waals surface area contributed by atoms with Crippen LogP contribution in [0, 0.1) is 10.1 Å². The van der Waals surface area contributed by atoms with Gasteiger partial charge in [0.15, 0.2) is 0 Å². The summed E-state index contributed by atoms with van der Waals surface area (Å²) in [5, 5.41) is 11.1. The van der Waals surface area contributed by atoms with Gasteiger partial charge < -0.3 is 4.74 Å². The first-order valence-corrected chi connectivity index (χ1v) is 9.63. The number of carbonyl (C=O) groups is 1.